The summed E-state index contributed by atoms with van der Waals surface area (Å²) in [4.78, 5) is 50.9. The lowest BCUT2D eigenvalue weighted by atomic mass is 10.0. The summed E-state index contributed by atoms with van der Waals surface area (Å²) in [5.41, 5.74) is 0.184. The third-order valence-corrected chi connectivity index (χ3v) is 6.81. The summed E-state index contributed by atoms with van der Waals surface area (Å²) in [6.07, 6.45) is 0.274. The SMILES string of the molecule is CNCCCOc1ccc2c(c1)c(=O)n(-c1ccc(CC(NC(=O)Cc3c(O)cccc3O)C(=O)O)cc1)c(=O)n2C. The first-order valence-corrected chi connectivity index (χ1v) is 13.2. The predicted octanol–water partition coefficient (Wildman–Crippen LogP) is 1.44. The Morgan fingerprint density at radius 3 is 2.33 bits per heavy atom. The Bertz CT molecular complexity index is 1710. The van der Waals surface area contributed by atoms with Gasteiger partial charge in [-0.15, -0.1) is 0 Å². The highest BCUT2D eigenvalue weighted by Crippen LogP contribution is 2.26. The van der Waals surface area contributed by atoms with E-state index < -0.39 is 35.6 Å². The Morgan fingerprint density at radius 2 is 1.69 bits per heavy atom. The van der Waals surface area contributed by atoms with Crippen molar-refractivity contribution in [3.8, 4) is 22.9 Å². The number of carbonyl (C=O) groups is 2. The number of aliphatic carboxylic acids is 1. The molecule has 0 fully saturated rings. The van der Waals surface area contributed by atoms with Crippen LogP contribution in [0.1, 0.15) is 17.5 Å². The van der Waals surface area contributed by atoms with Crippen molar-refractivity contribution in [3.63, 3.8) is 0 Å². The molecule has 3 aromatic carbocycles. The molecule has 1 unspecified atom stereocenters. The maximum Gasteiger partial charge on any atom is 0.335 e. The number of aromatic hydroxyl groups is 2. The van der Waals surface area contributed by atoms with Gasteiger partial charge < -0.3 is 30.7 Å². The zero-order chi connectivity index (χ0) is 30.4. The molecule has 4 aromatic rings. The van der Waals surface area contributed by atoms with E-state index in [0.717, 1.165) is 17.5 Å². The number of nitrogens with one attached hydrogen (secondary N) is 2. The molecule has 0 radical (unpaired) electrons. The molecule has 12 nitrogen and oxygen atoms in total. The quantitative estimate of drug-likeness (QED) is 0.157. The lowest BCUT2D eigenvalue weighted by molar-refractivity contribution is -0.141. The number of phenols is 2. The molecule has 12 heteroatoms. The highest BCUT2D eigenvalue weighted by Gasteiger charge is 2.22. The first-order chi connectivity index (χ1) is 20.1. The van der Waals surface area contributed by atoms with E-state index in [1.807, 2.05) is 7.05 Å². The molecular weight excluding hydrogens is 544 g/mol. The molecular formula is C30H32N4O8. The van der Waals surface area contributed by atoms with E-state index in [1.54, 1.807) is 37.4 Å². The van der Waals surface area contributed by atoms with Crippen LogP contribution in [-0.4, -0.2) is 62.6 Å². The molecule has 220 valence electrons. The van der Waals surface area contributed by atoms with Crippen molar-refractivity contribution in [1.29, 1.82) is 0 Å². The highest BCUT2D eigenvalue weighted by molar-refractivity contribution is 5.86. The van der Waals surface area contributed by atoms with Crippen LogP contribution in [0.2, 0.25) is 0 Å². The number of phenolic OH excluding ortho intramolecular Hbond substituents is 2. The maximum atomic E-state index is 13.4. The average molecular weight is 577 g/mol. The molecule has 0 bridgehead atoms. The van der Waals surface area contributed by atoms with Crippen LogP contribution in [0, 0.1) is 0 Å². The van der Waals surface area contributed by atoms with E-state index in [2.05, 4.69) is 10.6 Å². The van der Waals surface area contributed by atoms with Gasteiger partial charge in [-0.3, -0.25) is 14.2 Å². The Balaban J connectivity index is 1.55. The second kappa shape index (κ2) is 13.0. The molecule has 0 aliphatic rings. The fourth-order valence-electron chi connectivity index (χ4n) is 4.56. The van der Waals surface area contributed by atoms with Gasteiger partial charge >= 0.3 is 11.7 Å². The van der Waals surface area contributed by atoms with Crippen molar-refractivity contribution in [2.75, 3.05) is 20.2 Å². The number of hydrogen-bond acceptors (Lipinski definition) is 8. The Hall–Kier alpha value is -5.10. The fraction of sp³-hybridized carbons (Fsp3) is 0.267. The smallest absolute Gasteiger partial charge is 0.335 e. The number of hydrogen-bond donors (Lipinski definition) is 5. The van der Waals surface area contributed by atoms with E-state index in [4.69, 9.17) is 4.74 Å². The van der Waals surface area contributed by atoms with Gasteiger partial charge in [0.05, 0.1) is 29.6 Å². The van der Waals surface area contributed by atoms with E-state index in [-0.39, 0.29) is 29.2 Å². The number of carboxylic acid groups (broad SMARTS) is 1. The topological polar surface area (TPSA) is 172 Å². The van der Waals surface area contributed by atoms with E-state index >= 15 is 0 Å². The zero-order valence-corrected chi connectivity index (χ0v) is 23.2. The molecule has 0 aliphatic carbocycles. The summed E-state index contributed by atoms with van der Waals surface area (Å²) in [6.45, 7) is 1.25. The van der Waals surface area contributed by atoms with Gasteiger partial charge in [-0.2, -0.15) is 0 Å². The summed E-state index contributed by atoms with van der Waals surface area (Å²) in [5, 5.41) is 35.2. The van der Waals surface area contributed by atoms with Crippen LogP contribution in [0.25, 0.3) is 16.6 Å². The third kappa shape index (κ3) is 6.61. The third-order valence-electron chi connectivity index (χ3n) is 6.81. The number of ether oxygens (including phenoxy) is 1. The normalized spacial score (nSPS) is 11.8. The highest BCUT2D eigenvalue weighted by atomic mass is 16.5. The molecule has 5 N–H and O–H groups in total. The van der Waals surface area contributed by atoms with Gasteiger partial charge in [0, 0.05) is 19.0 Å². The summed E-state index contributed by atoms with van der Waals surface area (Å²) in [7, 11) is 3.42. The zero-order valence-electron chi connectivity index (χ0n) is 23.2. The van der Waals surface area contributed by atoms with Gasteiger partial charge in [0.15, 0.2) is 0 Å². The molecule has 1 amide bonds. The van der Waals surface area contributed by atoms with Crippen molar-refractivity contribution in [2.45, 2.75) is 25.3 Å². The van der Waals surface area contributed by atoms with Gasteiger partial charge in [-0.05, 0) is 68.0 Å². The minimum absolute atomic E-state index is 0.0154. The molecule has 42 heavy (non-hydrogen) atoms. The number of aryl methyl sites for hydroxylation is 1. The van der Waals surface area contributed by atoms with Crippen LogP contribution in [-0.2, 0) is 29.5 Å². The monoisotopic (exact) mass is 576 g/mol. The standard InChI is InChI=1S/C30H32N4O8/c1-31-13-4-14-42-20-11-12-24-21(16-20)28(38)34(30(41)33(24)2)19-9-7-18(8-10-19)15-23(29(39)40)32-27(37)17-22-25(35)5-3-6-26(22)36/h3,5-12,16,23,31,35-36H,4,13-15,17H2,1-2H3,(H,32,37)(H,39,40). The number of rotatable bonds is 12. The van der Waals surface area contributed by atoms with Crippen molar-refractivity contribution in [1.82, 2.24) is 19.8 Å². The lowest BCUT2D eigenvalue weighted by Crippen LogP contribution is -2.43. The first-order valence-electron chi connectivity index (χ1n) is 13.2. The number of nitrogens with zero attached hydrogens (tertiary/aromatic N) is 2. The first kappa shape index (κ1) is 29.9. The molecule has 1 aromatic heterocycles. The number of carbonyl (C=O) groups excluding carboxylic acids is 1. The number of carboxylic acids is 1. The lowest BCUT2D eigenvalue weighted by Gasteiger charge is -2.16. The van der Waals surface area contributed by atoms with E-state index in [9.17, 15) is 34.5 Å². The summed E-state index contributed by atoms with van der Waals surface area (Å²) in [5.74, 6) is -2.03. The molecule has 1 atom stereocenters. The fourth-order valence-corrected chi connectivity index (χ4v) is 4.56. The molecule has 0 saturated heterocycles. The molecule has 0 saturated carbocycles. The number of benzene rings is 3. The van der Waals surface area contributed by atoms with Gasteiger partial charge in [-0.1, -0.05) is 18.2 Å². The number of amides is 1. The minimum Gasteiger partial charge on any atom is -0.508 e. The van der Waals surface area contributed by atoms with Crippen LogP contribution in [0.15, 0.2) is 70.3 Å². The van der Waals surface area contributed by atoms with Gasteiger partial charge in [-0.25, -0.2) is 14.2 Å². The van der Waals surface area contributed by atoms with Gasteiger partial charge in [0.2, 0.25) is 5.91 Å². The summed E-state index contributed by atoms with van der Waals surface area (Å²) >= 11 is 0. The van der Waals surface area contributed by atoms with Crippen molar-refractivity contribution < 1.29 is 29.6 Å². The van der Waals surface area contributed by atoms with Crippen LogP contribution >= 0.6 is 0 Å². The number of aromatic nitrogens is 2. The van der Waals surface area contributed by atoms with Crippen molar-refractivity contribution >= 4 is 22.8 Å². The molecule has 0 spiro atoms. The van der Waals surface area contributed by atoms with E-state index in [0.29, 0.717) is 28.8 Å². The summed E-state index contributed by atoms with van der Waals surface area (Å²) in [6, 6.07) is 13.9. The van der Waals surface area contributed by atoms with Crippen LogP contribution in [0.5, 0.6) is 17.2 Å². The second-order valence-electron chi connectivity index (χ2n) is 9.75. The molecule has 0 aliphatic heterocycles. The molecule has 4 rings (SSSR count). The van der Waals surface area contributed by atoms with Gasteiger partial charge in [0.1, 0.15) is 23.3 Å². The summed E-state index contributed by atoms with van der Waals surface area (Å²) < 4.78 is 8.16. The Labute approximate surface area is 240 Å². The Kier molecular flexibility index (Phi) is 9.28. The minimum atomic E-state index is -1.31. The van der Waals surface area contributed by atoms with Crippen molar-refractivity contribution in [2.24, 2.45) is 7.05 Å². The second-order valence-corrected chi connectivity index (χ2v) is 9.75. The van der Waals surface area contributed by atoms with Crippen LogP contribution < -0.4 is 26.6 Å². The predicted molar refractivity (Wildman–Crippen MR) is 156 cm³/mol. The largest absolute Gasteiger partial charge is 0.508 e. The van der Waals surface area contributed by atoms with Crippen molar-refractivity contribution in [3.05, 3.63) is 92.6 Å². The molecule has 1 heterocycles. The maximum absolute atomic E-state index is 13.4. The van der Waals surface area contributed by atoms with Crippen LogP contribution in [0.4, 0.5) is 0 Å². The van der Waals surface area contributed by atoms with Gasteiger partial charge in [0.25, 0.3) is 5.56 Å². The Morgan fingerprint density at radius 1 is 1.00 bits per heavy atom. The van der Waals surface area contributed by atoms with E-state index in [1.165, 1.54) is 34.9 Å². The number of fused-ring (bicyclic) bond motifs is 1. The average Bonchev–Trinajstić information content (AvgIpc) is 2.96. The van der Waals surface area contributed by atoms with Crippen LogP contribution in [0.3, 0.4) is 0 Å².